The van der Waals surface area contributed by atoms with Crippen LogP contribution in [0.4, 0.5) is 4.79 Å². The number of carbonyl (C=O) groups excluding carboxylic acids is 2. The fourth-order valence-electron chi connectivity index (χ4n) is 6.16. The molecule has 2 N–H and O–H groups in total. The molecule has 1 heterocycles. The van der Waals surface area contributed by atoms with Gasteiger partial charge in [0.25, 0.3) is 0 Å². The van der Waals surface area contributed by atoms with Gasteiger partial charge in [0.05, 0.1) is 11.3 Å². The van der Waals surface area contributed by atoms with Gasteiger partial charge in [-0.1, -0.05) is 55.0 Å². The fraction of sp³-hybridized carbons (Fsp3) is 0.464. The monoisotopic (exact) mass is 476 g/mol. The molecule has 2 aliphatic carbocycles. The van der Waals surface area contributed by atoms with Crippen LogP contribution in [-0.4, -0.2) is 53.7 Å². The molecule has 0 bridgehead atoms. The predicted octanol–water partition coefficient (Wildman–Crippen LogP) is 4.41. The highest BCUT2D eigenvalue weighted by atomic mass is 16.5. The van der Waals surface area contributed by atoms with E-state index in [-0.39, 0.29) is 31.0 Å². The Kier molecular flexibility index (Phi) is 6.26. The van der Waals surface area contributed by atoms with Crippen molar-refractivity contribution in [1.29, 1.82) is 0 Å². The Morgan fingerprint density at radius 3 is 2.34 bits per heavy atom. The molecule has 1 saturated carbocycles. The molecule has 1 saturated heterocycles. The van der Waals surface area contributed by atoms with E-state index in [2.05, 4.69) is 29.6 Å². The Labute approximate surface area is 205 Å². The van der Waals surface area contributed by atoms with Gasteiger partial charge >= 0.3 is 12.1 Å². The number of carboxylic acid groups (broad SMARTS) is 1. The summed E-state index contributed by atoms with van der Waals surface area (Å²) in [7, 11) is 0. The number of hydrogen-bond donors (Lipinski definition) is 2. The number of benzene rings is 2. The summed E-state index contributed by atoms with van der Waals surface area (Å²) in [5, 5.41) is 12.4. The van der Waals surface area contributed by atoms with Crippen molar-refractivity contribution in [1.82, 2.24) is 10.2 Å². The number of hydrogen-bond acceptors (Lipinski definition) is 4. The standard InChI is InChI=1S/C28H32N2O5/c1-28(26(33)30-15-7-8-18(16-30)25(31)32)14-6-13-24(28)29-27(34)35-17-23-21-11-4-2-9-19(21)20-10-3-5-12-22(20)23/h2-5,9-12,18,23-24H,6-8,13-17H2,1H3,(H,29,34)(H,31,32)/t18-,24?,28?/m1/s1. The Morgan fingerprint density at radius 2 is 1.69 bits per heavy atom. The van der Waals surface area contributed by atoms with Gasteiger partial charge in [-0.2, -0.15) is 0 Å². The van der Waals surface area contributed by atoms with Crippen LogP contribution in [0.5, 0.6) is 0 Å². The molecule has 3 aliphatic rings. The smallest absolute Gasteiger partial charge is 0.407 e. The number of nitrogens with zero attached hydrogens (tertiary/aromatic N) is 1. The van der Waals surface area contributed by atoms with E-state index in [9.17, 15) is 19.5 Å². The van der Waals surface area contributed by atoms with Gasteiger partial charge in [-0.25, -0.2) is 4.79 Å². The third kappa shape index (κ3) is 4.28. The van der Waals surface area contributed by atoms with Crippen molar-refractivity contribution in [3.05, 3.63) is 59.7 Å². The quantitative estimate of drug-likeness (QED) is 0.667. The Bertz CT molecular complexity index is 1100. The number of nitrogens with one attached hydrogen (secondary N) is 1. The summed E-state index contributed by atoms with van der Waals surface area (Å²) in [4.78, 5) is 39.5. The second-order valence-corrected chi connectivity index (χ2v) is 10.3. The van der Waals surface area contributed by atoms with Crippen molar-refractivity contribution in [3.8, 4) is 11.1 Å². The molecule has 184 valence electrons. The predicted molar refractivity (Wildman–Crippen MR) is 131 cm³/mol. The highest BCUT2D eigenvalue weighted by Crippen LogP contribution is 2.45. The van der Waals surface area contributed by atoms with E-state index in [1.165, 1.54) is 11.1 Å². The van der Waals surface area contributed by atoms with Crippen LogP contribution in [0.15, 0.2) is 48.5 Å². The zero-order chi connectivity index (χ0) is 24.6. The first-order valence-corrected chi connectivity index (χ1v) is 12.5. The van der Waals surface area contributed by atoms with E-state index in [0.29, 0.717) is 32.2 Å². The zero-order valence-corrected chi connectivity index (χ0v) is 20.0. The van der Waals surface area contributed by atoms with E-state index >= 15 is 0 Å². The van der Waals surface area contributed by atoms with Crippen molar-refractivity contribution in [2.75, 3.05) is 19.7 Å². The van der Waals surface area contributed by atoms with Crippen molar-refractivity contribution < 1.29 is 24.2 Å². The number of carboxylic acids is 1. The van der Waals surface area contributed by atoms with Gasteiger partial charge in [-0.3, -0.25) is 9.59 Å². The van der Waals surface area contributed by atoms with Crippen LogP contribution < -0.4 is 5.32 Å². The number of carbonyl (C=O) groups is 3. The molecule has 1 aliphatic heterocycles. The highest BCUT2D eigenvalue weighted by Gasteiger charge is 2.48. The first-order chi connectivity index (χ1) is 16.9. The molecule has 0 radical (unpaired) electrons. The van der Waals surface area contributed by atoms with Gasteiger partial charge < -0.3 is 20.1 Å². The minimum Gasteiger partial charge on any atom is -0.481 e. The minimum atomic E-state index is -0.854. The molecule has 0 aromatic heterocycles. The second kappa shape index (κ2) is 9.36. The molecule has 2 aromatic carbocycles. The van der Waals surface area contributed by atoms with Crippen LogP contribution in [0.3, 0.4) is 0 Å². The lowest BCUT2D eigenvalue weighted by Gasteiger charge is -2.39. The molecule has 2 aromatic rings. The van der Waals surface area contributed by atoms with Crippen LogP contribution in [-0.2, 0) is 14.3 Å². The number of piperidine rings is 1. The van der Waals surface area contributed by atoms with E-state index in [0.717, 1.165) is 17.5 Å². The highest BCUT2D eigenvalue weighted by molar-refractivity contribution is 5.85. The second-order valence-electron chi connectivity index (χ2n) is 10.3. The molecule has 0 spiro atoms. The summed E-state index contributed by atoms with van der Waals surface area (Å²) in [6, 6.07) is 16.1. The van der Waals surface area contributed by atoms with E-state index in [1.807, 2.05) is 31.2 Å². The molecule has 5 rings (SSSR count). The van der Waals surface area contributed by atoms with E-state index < -0.39 is 23.4 Å². The Morgan fingerprint density at radius 1 is 1.03 bits per heavy atom. The summed E-state index contributed by atoms with van der Waals surface area (Å²) >= 11 is 0. The van der Waals surface area contributed by atoms with Gasteiger partial charge in [0.2, 0.25) is 5.91 Å². The van der Waals surface area contributed by atoms with E-state index in [4.69, 9.17) is 4.74 Å². The van der Waals surface area contributed by atoms with Gasteiger partial charge in [0.15, 0.2) is 0 Å². The van der Waals surface area contributed by atoms with Crippen LogP contribution in [0, 0.1) is 11.3 Å². The number of amides is 2. The molecule has 3 atom stereocenters. The molecule has 2 unspecified atom stereocenters. The summed E-state index contributed by atoms with van der Waals surface area (Å²) in [5.41, 5.74) is 3.90. The SMILES string of the molecule is CC1(C(=O)N2CCC[C@@H](C(=O)O)C2)CCCC1NC(=O)OCC1c2ccccc2-c2ccccc21. The summed E-state index contributed by atoms with van der Waals surface area (Å²) in [5.74, 6) is -1.46. The topological polar surface area (TPSA) is 95.9 Å². The Balaban J connectivity index is 1.24. The van der Waals surface area contributed by atoms with Crippen LogP contribution in [0.1, 0.15) is 56.1 Å². The van der Waals surface area contributed by atoms with Crippen LogP contribution >= 0.6 is 0 Å². The number of aliphatic carboxylic acids is 1. The number of likely N-dealkylation sites (tertiary alicyclic amines) is 1. The largest absolute Gasteiger partial charge is 0.481 e. The number of fused-ring (bicyclic) bond motifs is 3. The van der Waals surface area contributed by atoms with Crippen molar-refractivity contribution in [3.63, 3.8) is 0 Å². The lowest BCUT2D eigenvalue weighted by molar-refractivity contribution is -0.149. The molecular formula is C28H32N2O5. The first-order valence-electron chi connectivity index (χ1n) is 12.5. The van der Waals surface area contributed by atoms with E-state index in [1.54, 1.807) is 4.90 Å². The number of alkyl carbamates (subject to hydrolysis) is 1. The molecule has 2 fully saturated rings. The molecule has 2 amide bonds. The maximum atomic E-state index is 13.5. The number of rotatable bonds is 5. The average Bonchev–Trinajstić information content (AvgIpc) is 3.40. The lowest BCUT2D eigenvalue weighted by atomic mass is 9.82. The maximum Gasteiger partial charge on any atom is 0.407 e. The van der Waals surface area contributed by atoms with Crippen LogP contribution in [0.25, 0.3) is 11.1 Å². The van der Waals surface area contributed by atoms with Gasteiger partial charge in [-0.15, -0.1) is 0 Å². The molecule has 35 heavy (non-hydrogen) atoms. The summed E-state index contributed by atoms with van der Waals surface area (Å²) in [6.07, 6.45) is 2.95. The third-order valence-electron chi connectivity index (χ3n) is 8.14. The Hall–Kier alpha value is -3.35. The zero-order valence-electron chi connectivity index (χ0n) is 20.0. The molecular weight excluding hydrogens is 444 g/mol. The number of ether oxygens (including phenoxy) is 1. The molecule has 7 nitrogen and oxygen atoms in total. The van der Waals surface area contributed by atoms with Crippen molar-refractivity contribution in [2.45, 2.75) is 51.0 Å². The lowest BCUT2D eigenvalue weighted by Crippen LogP contribution is -2.54. The summed E-state index contributed by atoms with van der Waals surface area (Å²) in [6.45, 7) is 2.92. The minimum absolute atomic E-state index is 0.0222. The van der Waals surface area contributed by atoms with Gasteiger partial charge in [0.1, 0.15) is 6.61 Å². The van der Waals surface area contributed by atoms with Crippen molar-refractivity contribution >= 4 is 18.0 Å². The average molecular weight is 477 g/mol. The van der Waals surface area contributed by atoms with Crippen molar-refractivity contribution in [2.24, 2.45) is 11.3 Å². The maximum absolute atomic E-state index is 13.5. The van der Waals surface area contributed by atoms with Crippen LogP contribution in [0.2, 0.25) is 0 Å². The third-order valence-corrected chi connectivity index (χ3v) is 8.14. The summed E-state index contributed by atoms with van der Waals surface area (Å²) < 4.78 is 5.72. The normalized spacial score (nSPS) is 25.6. The fourth-order valence-corrected chi connectivity index (χ4v) is 6.16. The first kappa shape index (κ1) is 23.4. The van der Waals surface area contributed by atoms with Gasteiger partial charge in [-0.05, 0) is 54.9 Å². The molecule has 7 heteroatoms. The van der Waals surface area contributed by atoms with Gasteiger partial charge in [0, 0.05) is 25.0 Å².